The Balaban J connectivity index is 2.18. The van der Waals surface area contributed by atoms with Crippen molar-refractivity contribution in [2.45, 2.75) is 51.4 Å². The van der Waals surface area contributed by atoms with Crippen molar-refractivity contribution in [3.63, 3.8) is 0 Å². The molecular formula is C10H21NO2. The molecule has 13 heavy (non-hydrogen) atoms. The van der Waals surface area contributed by atoms with Crippen LogP contribution in [0, 0.1) is 5.92 Å². The summed E-state index contributed by atoms with van der Waals surface area (Å²) >= 11 is 0. The second-order valence-electron chi connectivity index (χ2n) is 4.32. The lowest BCUT2D eigenvalue weighted by atomic mass is 10.1. The average molecular weight is 187 g/mol. The molecule has 1 rings (SSSR count). The van der Waals surface area contributed by atoms with Gasteiger partial charge in [-0.15, -0.1) is 0 Å². The molecule has 0 aromatic rings. The zero-order chi connectivity index (χ0) is 9.84. The van der Waals surface area contributed by atoms with Gasteiger partial charge in [-0.25, -0.2) is 0 Å². The minimum Gasteiger partial charge on any atom is -0.392 e. The maximum absolute atomic E-state index is 9.53. The van der Waals surface area contributed by atoms with Gasteiger partial charge in [-0.1, -0.05) is 13.8 Å². The van der Waals surface area contributed by atoms with Crippen molar-refractivity contribution in [2.24, 2.45) is 5.92 Å². The maximum Gasteiger partial charge on any atom is 0.0693 e. The summed E-state index contributed by atoms with van der Waals surface area (Å²) < 4.78 is 0. The Hall–Kier alpha value is -0.120. The fourth-order valence-electron chi connectivity index (χ4n) is 1.69. The Morgan fingerprint density at radius 3 is 2.54 bits per heavy atom. The predicted octanol–water partition coefficient (Wildman–Crippen LogP) is 0.506. The number of hydrogen-bond acceptors (Lipinski definition) is 3. The van der Waals surface area contributed by atoms with E-state index in [0.29, 0.717) is 6.54 Å². The van der Waals surface area contributed by atoms with Gasteiger partial charge in [0.2, 0.25) is 0 Å². The molecule has 78 valence electrons. The van der Waals surface area contributed by atoms with Crippen LogP contribution in [0.4, 0.5) is 0 Å². The molecule has 0 saturated heterocycles. The Bertz CT molecular complexity index is 150. The first-order valence-corrected chi connectivity index (χ1v) is 5.20. The van der Waals surface area contributed by atoms with E-state index in [1.165, 1.54) is 0 Å². The topological polar surface area (TPSA) is 52.5 Å². The van der Waals surface area contributed by atoms with Crippen molar-refractivity contribution >= 4 is 0 Å². The maximum atomic E-state index is 9.53. The molecule has 0 spiro atoms. The number of rotatable bonds is 4. The second-order valence-corrected chi connectivity index (χ2v) is 4.32. The normalized spacial score (nSPS) is 31.2. The van der Waals surface area contributed by atoms with E-state index in [9.17, 15) is 10.2 Å². The minimum atomic E-state index is -0.298. The summed E-state index contributed by atoms with van der Waals surface area (Å²) in [6, 6.07) is 0.202. The molecule has 0 heterocycles. The first kappa shape index (κ1) is 11.0. The van der Waals surface area contributed by atoms with Crippen LogP contribution in [0.2, 0.25) is 0 Å². The van der Waals surface area contributed by atoms with E-state index >= 15 is 0 Å². The summed E-state index contributed by atoms with van der Waals surface area (Å²) in [6.07, 6.45) is 2.52. The van der Waals surface area contributed by atoms with Gasteiger partial charge in [0.1, 0.15) is 0 Å². The van der Waals surface area contributed by atoms with Crippen molar-refractivity contribution in [2.75, 3.05) is 6.54 Å². The fraction of sp³-hybridized carbons (Fsp3) is 1.00. The molecule has 1 unspecified atom stereocenters. The van der Waals surface area contributed by atoms with E-state index in [0.717, 1.165) is 19.3 Å². The zero-order valence-electron chi connectivity index (χ0n) is 8.53. The van der Waals surface area contributed by atoms with Crippen LogP contribution in [0.3, 0.4) is 0 Å². The number of nitrogens with one attached hydrogen (secondary N) is 1. The summed E-state index contributed by atoms with van der Waals surface area (Å²) in [5.41, 5.74) is 0. The van der Waals surface area contributed by atoms with Crippen molar-refractivity contribution < 1.29 is 10.2 Å². The largest absolute Gasteiger partial charge is 0.392 e. The van der Waals surface area contributed by atoms with E-state index in [4.69, 9.17) is 0 Å². The summed E-state index contributed by atoms with van der Waals surface area (Å²) in [4.78, 5) is 0. The van der Waals surface area contributed by atoms with Gasteiger partial charge in [-0.2, -0.15) is 0 Å². The monoisotopic (exact) mass is 187 g/mol. The molecule has 1 saturated carbocycles. The van der Waals surface area contributed by atoms with Crippen molar-refractivity contribution in [1.29, 1.82) is 0 Å². The summed E-state index contributed by atoms with van der Waals surface area (Å²) in [6.45, 7) is 4.59. The van der Waals surface area contributed by atoms with E-state index in [1.807, 2.05) is 13.8 Å². The Morgan fingerprint density at radius 2 is 2.08 bits per heavy atom. The lowest BCUT2D eigenvalue weighted by Crippen LogP contribution is -2.41. The fourth-order valence-corrected chi connectivity index (χ4v) is 1.69. The van der Waals surface area contributed by atoms with Gasteiger partial charge in [0, 0.05) is 12.6 Å². The molecule has 0 radical (unpaired) electrons. The first-order valence-electron chi connectivity index (χ1n) is 5.20. The molecule has 3 N–H and O–H groups in total. The molecule has 0 aromatic carbocycles. The molecule has 1 aliphatic rings. The van der Waals surface area contributed by atoms with Gasteiger partial charge >= 0.3 is 0 Å². The van der Waals surface area contributed by atoms with E-state index in [1.54, 1.807) is 0 Å². The quantitative estimate of drug-likeness (QED) is 0.601. The molecule has 1 fully saturated rings. The Kier molecular flexibility index (Phi) is 4.16. The van der Waals surface area contributed by atoms with Gasteiger partial charge in [-0.05, 0) is 25.2 Å². The van der Waals surface area contributed by atoms with Crippen molar-refractivity contribution in [3.05, 3.63) is 0 Å². The number of aliphatic hydroxyl groups excluding tert-OH is 2. The highest BCUT2D eigenvalue weighted by molar-refractivity contribution is 4.83. The molecule has 0 aliphatic heterocycles. The van der Waals surface area contributed by atoms with Crippen LogP contribution < -0.4 is 5.32 Å². The van der Waals surface area contributed by atoms with Crippen LogP contribution in [0.1, 0.15) is 33.1 Å². The third kappa shape index (κ3) is 3.25. The molecular weight excluding hydrogens is 166 g/mol. The summed E-state index contributed by atoms with van der Waals surface area (Å²) in [5.74, 6) is 0.283. The average Bonchev–Trinajstić information content (AvgIpc) is 2.47. The van der Waals surface area contributed by atoms with E-state index in [-0.39, 0.29) is 24.2 Å². The first-order chi connectivity index (χ1) is 6.11. The molecule has 0 amide bonds. The molecule has 1 aliphatic carbocycles. The lowest BCUT2D eigenvalue weighted by molar-refractivity contribution is 0.102. The number of aliphatic hydroxyl groups is 2. The molecule has 3 nitrogen and oxygen atoms in total. The van der Waals surface area contributed by atoms with Crippen molar-refractivity contribution in [1.82, 2.24) is 5.32 Å². The van der Waals surface area contributed by atoms with Gasteiger partial charge in [0.15, 0.2) is 0 Å². The van der Waals surface area contributed by atoms with Crippen LogP contribution in [-0.4, -0.2) is 35.0 Å². The van der Waals surface area contributed by atoms with E-state index < -0.39 is 0 Å². The number of hydrogen-bond donors (Lipinski definition) is 3. The van der Waals surface area contributed by atoms with Gasteiger partial charge in [0.05, 0.1) is 12.2 Å². The molecule has 3 atom stereocenters. The Morgan fingerprint density at radius 1 is 1.38 bits per heavy atom. The van der Waals surface area contributed by atoms with E-state index in [2.05, 4.69) is 5.32 Å². The van der Waals surface area contributed by atoms with Crippen LogP contribution in [0.15, 0.2) is 0 Å². The summed E-state index contributed by atoms with van der Waals surface area (Å²) in [5, 5.41) is 22.2. The lowest BCUT2D eigenvalue weighted by Gasteiger charge is -2.20. The molecule has 0 bridgehead atoms. The van der Waals surface area contributed by atoms with Gasteiger partial charge < -0.3 is 15.5 Å². The minimum absolute atomic E-state index is 0.202. The highest BCUT2D eigenvalue weighted by Crippen LogP contribution is 2.18. The molecule has 0 aromatic heterocycles. The van der Waals surface area contributed by atoms with Gasteiger partial charge in [-0.3, -0.25) is 0 Å². The third-order valence-corrected chi connectivity index (χ3v) is 2.84. The van der Waals surface area contributed by atoms with Crippen LogP contribution in [-0.2, 0) is 0 Å². The van der Waals surface area contributed by atoms with Crippen molar-refractivity contribution in [3.8, 4) is 0 Å². The predicted molar refractivity (Wildman–Crippen MR) is 52.5 cm³/mol. The standard InChI is InChI=1S/C10H21NO2/c1-7(2)10(13)6-11-8-4-3-5-9(8)12/h7-13H,3-6H2,1-2H3/t8-,9-,10?/m0/s1. The summed E-state index contributed by atoms with van der Waals surface area (Å²) in [7, 11) is 0. The molecule has 3 heteroatoms. The SMILES string of the molecule is CC(C)C(O)CN[C@H]1CCC[C@@H]1O. The van der Waals surface area contributed by atoms with Crippen LogP contribution >= 0.6 is 0 Å². The highest BCUT2D eigenvalue weighted by Gasteiger charge is 2.25. The third-order valence-electron chi connectivity index (χ3n) is 2.84. The smallest absolute Gasteiger partial charge is 0.0693 e. The Labute approximate surface area is 80.2 Å². The van der Waals surface area contributed by atoms with Crippen LogP contribution in [0.25, 0.3) is 0 Å². The highest BCUT2D eigenvalue weighted by atomic mass is 16.3. The zero-order valence-corrected chi connectivity index (χ0v) is 8.53. The van der Waals surface area contributed by atoms with Crippen LogP contribution in [0.5, 0.6) is 0 Å². The second kappa shape index (κ2) is 4.94. The van der Waals surface area contributed by atoms with Gasteiger partial charge in [0.25, 0.3) is 0 Å².